The monoisotopic (exact) mass is 369 g/mol. The van der Waals surface area contributed by atoms with E-state index in [9.17, 15) is 4.79 Å². The third-order valence-corrected chi connectivity index (χ3v) is 5.11. The largest absolute Gasteiger partial charge is 0.344 e. The topological polar surface area (TPSA) is 68.0 Å². The lowest BCUT2D eigenvalue weighted by atomic mass is 9.86. The van der Waals surface area contributed by atoms with Crippen molar-refractivity contribution in [1.82, 2.24) is 15.5 Å². The molecular weight excluding hydrogens is 338 g/mol. The maximum atomic E-state index is 12.5. The molecule has 1 saturated carbocycles. The molecule has 1 aliphatic carbocycles. The predicted octanol–water partition coefficient (Wildman–Crippen LogP) is 4.69. The van der Waals surface area contributed by atoms with E-state index in [4.69, 9.17) is 4.52 Å². The summed E-state index contributed by atoms with van der Waals surface area (Å²) < 4.78 is 5.42. The molecule has 1 aliphatic rings. The number of aryl methyl sites for hydroxylation is 1. The van der Waals surface area contributed by atoms with Crippen molar-refractivity contribution in [2.45, 2.75) is 77.7 Å². The van der Waals surface area contributed by atoms with Crippen LogP contribution in [0.15, 0.2) is 28.8 Å². The molecule has 0 radical (unpaired) electrons. The van der Waals surface area contributed by atoms with Crippen molar-refractivity contribution < 1.29 is 9.32 Å². The summed E-state index contributed by atoms with van der Waals surface area (Å²) in [5.74, 6) is 1.95. The van der Waals surface area contributed by atoms with Gasteiger partial charge in [-0.3, -0.25) is 4.79 Å². The summed E-state index contributed by atoms with van der Waals surface area (Å²) in [6.07, 6.45) is 3.43. The quantitative estimate of drug-likeness (QED) is 0.769. The van der Waals surface area contributed by atoms with Crippen LogP contribution in [0.3, 0.4) is 0 Å². The van der Waals surface area contributed by atoms with E-state index in [1.807, 2.05) is 0 Å². The minimum Gasteiger partial charge on any atom is -0.344 e. The Kier molecular flexibility index (Phi) is 5.68. The van der Waals surface area contributed by atoms with E-state index in [0.29, 0.717) is 18.2 Å². The zero-order valence-corrected chi connectivity index (χ0v) is 17.1. The van der Waals surface area contributed by atoms with Crippen LogP contribution in [-0.2, 0) is 16.6 Å². The lowest BCUT2D eigenvalue weighted by Gasteiger charge is -2.19. The SMILES string of the molecule is CC(C)C(NC(=O)CCc1ccc(C(C)(C)C)cc1)c1nc(C2CC2)no1. The first-order valence-corrected chi connectivity index (χ1v) is 9.96. The Morgan fingerprint density at radius 1 is 1.22 bits per heavy atom. The number of carbonyl (C=O) groups is 1. The molecule has 0 saturated heterocycles. The zero-order chi connectivity index (χ0) is 19.6. The zero-order valence-electron chi connectivity index (χ0n) is 17.1. The highest BCUT2D eigenvalue weighted by Gasteiger charge is 2.31. The fourth-order valence-corrected chi connectivity index (χ4v) is 3.07. The Bertz CT molecular complexity index is 768. The van der Waals surface area contributed by atoms with E-state index < -0.39 is 0 Å². The molecule has 2 aromatic rings. The van der Waals surface area contributed by atoms with Gasteiger partial charge in [-0.25, -0.2) is 0 Å². The molecule has 1 unspecified atom stereocenters. The third-order valence-electron chi connectivity index (χ3n) is 5.11. The van der Waals surface area contributed by atoms with Crippen LogP contribution < -0.4 is 5.32 Å². The summed E-state index contributed by atoms with van der Waals surface area (Å²) in [6, 6.07) is 8.31. The van der Waals surface area contributed by atoms with E-state index in [1.165, 1.54) is 11.1 Å². The molecule has 3 rings (SSSR count). The van der Waals surface area contributed by atoms with Crippen LogP contribution in [0.1, 0.15) is 88.7 Å². The van der Waals surface area contributed by atoms with Crippen molar-refractivity contribution in [2.24, 2.45) is 5.92 Å². The summed E-state index contributed by atoms with van der Waals surface area (Å²) in [7, 11) is 0. The summed E-state index contributed by atoms with van der Waals surface area (Å²) in [4.78, 5) is 17.0. The second-order valence-corrected chi connectivity index (χ2v) is 9.00. The van der Waals surface area contributed by atoms with Gasteiger partial charge in [0.05, 0.1) is 0 Å². The van der Waals surface area contributed by atoms with Crippen LogP contribution in [-0.4, -0.2) is 16.0 Å². The van der Waals surface area contributed by atoms with Gasteiger partial charge < -0.3 is 9.84 Å². The lowest BCUT2D eigenvalue weighted by molar-refractivity contribution is -0.122. The molecule has 5 nitrogen and oxygen atoms in total. The van der Waals surface area contributed by atoms with E-state index in [1.54, 1.807) is 0 Å². The Hall–Kier alpha value is -2.17. The van der Waals surface area contributed by atoms with Crippen molar-refractivity contribution in [1.29, 1.82) is 0 Å². The highest BCUT2D eigenvalue weighted by atomic mass is 16.5. The number of carbonyl (C=O) groups excluding carboxylic acids is 1. The predicted molar refractivity (Wildman–Crippen MR) is 105 cm³/mol. The van der Waals surface area contributed by atoms with E-state index in [2.05, 4.69) is 74.3 Å². The van der Waals surface area contributed by atoms with Crippen molar-refractivity contribution in [3.63, 3.8) is 0 Å². The van der Waals surface area contributed by atoms with Gasteiger partial charge in [0, 0.05) is 12.3 Å². The van der Waals surface area contributed by atoms with E-state index >= 15 is 0 Å². The first kappa shape index (κ1) is 19.6. The molecule has 1 heterocycles. The van der Waals surface area contributed by atoms with Crippen molar-refractivity contribution in [3.8, 4) is 0 Å². The van der Waals surface area contributed by atoms with Crippen molar-refractivity contribution >= 4 is 5.91 Å². The van der Waals surface area contributed by atoms with Gasteiger partial charge in [-0.15, -0.1) is 0 Å². The van der Waals surface area contributed by atoms with Crippen molar-refractivity contribution in [2.75, 3.05) is 0 Å². The molecule has 5 heteroatoms. The Labute approximate surface area is 161 Å². The average molecular weight is 370 g/mol. The van der Waals surface area contributed by atoms with Gasteiger partial charge >= 0.3 is 0 Å². The Morgan fingerprint density at radius 2 is 1.89 bits per heavy atom. The molecule has 1 fully saturated rings. The third kappa shape index (κ3) is 5.18. The molecule has 0 aliphatic heterocycles. The Balaban J connectivity index is 1.56. The first-order valence-electron chi connectivity index (χ1n) is 9.96. The van der Waals surface area contributed by atoms with Gasteiger partial charge in [-0.05, 0) is 41.7 Å². The molecule has 1 aromatic heterocycles. The fourth-order valence-electron chi connectivity index (χ4n) is 3.07. The minimum absolute atomic E-state index is 0.0137. The standard InChI is InChI=1S/C22H31N3O2/c1-14(2)19(21-24-20(25-27-21)16-9-10-16)23-18(26)13-8-15-6-11-17(12-7-15)22(3,4)5/h6-7,11-12,14,16,19H,8-10,13H2,1-5H3,(H,23,26). The van der Waals surface area contributed by atoms with Gasteiger partial charge in [-0.2, -0.15) is 4.98 Å². The minimum atomic E-state index is -0.235. The molecular formula is C22H31N3O2. The van der Waals surface area contributed by atoms with Crippen LogP contribution in [0.4, 0.5) is 0 Å². The van der Waals surface area contributed by atoms with Crippen LogP contribution in [0.5, 0.6) is 0 Å². The number of rotatable bonds is 7. The summed E-state index contributed by atoms with van der Waals surface area (Å²) >= 11 is 0. The van der Waals surface area contributed by atoms with Gasteiger partial charge in [0.25, 0.3) is 0 Å². The number of benzene rings is 1. The highest BCUT2D eigenvalue weighted by Crippen LogP contribution is 2.38. The van der Waals surface area contributed by atoms with Crippen LogP contribution in [0.25, 0.3) is 0 Å². The van der Waals surface area contributed by atoms with Crippen LogP contribution in [0.2, 0.25) is 0 Å². The number of nitrogens with one attached hydrogen (secondary N) is 1. The molecule has 0 bridgehead atoms. The van der Waals surface area contributed by atoms with Crippen molar-refractivity contribution in [3.05, 3.63) is 47.1 Å². The molecule has 1 N–H and O–H groups in total. The van der Waals surface area contributed by atoms with Gasteiger partial charge in [0.1, 0.15) is 6.04 Å². The van der Waals surface area contributed by atoms with Gasteiger partial charge in [0.15, 0.2) is 5.82 Å². The number of aromatic nitrogens is 2. The molecule has 1 amide bonds. The maximum Gasteiger partial charge on any atom is 0.249 e. The van der Waals surface area contributed by atoms with Crippen LogP contribution in [0, 0.1) is 5.92 Å². The maximum absolute atomic E-state index is 12.5. The molecule has 1 atom stereocenters. The van der Waals surface area contributed by atoms with Gasteiger partial charge in [0.2, 0.25) is 11.8 Å². The molecule has 27 heavy (non-hydrogen) atoms. The van der Waals surface area contributed by atoms with E-state index in [0.717, 1.165) is 25.1 Å². The summed E-state index contributed by atoms with van der Waals surface area (Å²) in [5.41, 5.74) is 2.62. The number of nitrogens with zero attached hydrogens (tertiary/aromatic N) is 2. The molecule has 1 aromatic carbocycles. The second kappa shape index (κ2) is 7.83. The Morgan fingerprint density at radius 3 is 2.44 bits per heavy atom. The first-order chi connectivity index (χ1) is 12.7. The molecule has 0 spiro atoms. The number of amides is 1. The second-order valence-electron chi connectivity index (χ2n) is 9.00. The average Bonchev–Trinajstić information content (AvgIpc) is 3.35. The van der Waals surface area contributed by atoms with Crippen LogP contribution >= 0.6 is 0 Å². The lowest BCUT2D eigenvalue weighted by Crippen LogP contribution is -2.32. The summed E-state index contributed by atoms with van der Waals surface area (Å²) in [5, 5.41) is 7.15. The smallest absolute Gasteiger partial charge is 0.249 e. The highest BCUT2D eigenvalue weighted by molar-refractivity contribution is 5.76. The fraction of sp³-hybridized carbons (Fsp3) is 0.591. The van der Waals surface area contributed by atoms with E-state index in [-0.39, 0.29) is 23.3 Å². The summed E-state index contributed by atoms with van der Waals surface area (Å²) in [6.45, 7) is 10.7. The normalized spacial score (nSPS) is 15.8. The van der Waals surface area contributed by atoms with Gasteiger partial charge in [-0.1, -0.05) is 64.0 Å². The number of hydrogen-bond acceptors (Lipinski definition) is 4. The number of hydrogen-bond donors (Lipinski definition) is 1. The molecule has 146 valence electrons.